The van der Waals surface area contributed by atoms with Crippen LogP contribution in [-0.4, -0.2) is 13.2 Å². The topological polar surface area (TPSA) is 34.4 Å². The second kappa shape index (κ2) is 8.11. The summed E-state index contributed by atoms with van der Waals surface area (Å²) in [6, 6.07) is 2.08. The highest BCUT2D eigenvalue weighted by Gasteiger charge is 2.06. The van der Waals surface area contributed by atoms with E-state index in [1.54, 1.807) is 0 Å². The zero-order chi connectivity index (χ0) is 13.4. The van der Waals surface area contributed by atoms with Crippen LogP contribution in [0.5, 0.6) is 0 Å². The van der Waals surface area contributed by atoms with Gasteiger partial charge in [0.2, 0.25) is 0 Å². The molecule has 18 heavy (non-hydrogen) atoms. The van der Waals surface area contributed by atoms with Crippen molar-refractivity contribution < 1.29 is 9.15 Å². The first-order valence-electron chi connectivity index (χ1n) is 6.64. The Morgan fingerprint density at radius 1 is 1.50 bits per heavy atom. The summed E-state index contributed by atoms with van der Waals surface area (Å²) in [6.45, 7) is 13.2. The van der Waals surface area contributed by atoms with E-state index in [0.29, 0.717) is 13.2 Å². The van der Waals surface area contributed by atoms with E-state index in [1.807, 2.05) is 13.8 Å². The van der Waals surface area contributed by atoms with Gasteiger partial charge in [-0.05, 0) is 39.3 Å². The van der Waals surface area contributed by atoms with Crippen LogP contribution in [0.3, 0.4) is 0 Å². The van der Waals surface area contributed by atoms with Crippen LogP contribution in [0.1, 0.15) is 43.8 Å². The van der Waals surface area contributed by atoms with Crippen molar-refractivity contribution in [2.24, 2.45) is 0 Å². The second-order valence-electron chi connectivity index (χ2n) is 4.73. The standard InChI is InChI=1S/C15H25NO2/c1-5-7-16-10-14-9-15(18-13(14)4)11-17-8-6-12(2)3/h9,16H,2,5-8,10-11H2,1,3-4H3. The molecular formula is C15H25NO2. The molecule has 1 N–H and O–H groups in total. The quantitative estimate of drug-likeness (QED) is 0.538. The van der Waals surface area contributed by atoms with E-state index in [9.17, 15) is 0 Å². The van der Waals surface area contributed by atoms with Gasteiger partial charge in [0.05, 0.1) is 6.61 Å². The van der Waals surface area contributed by atoms with Gasteiger partial charge in [0.15, 0.2) is 0 Å². The zero-order valence-corrected chi connectivity index (χ0v) is 11.8. The first-order valence-corrected chi connectivity index (χ1v) is 6.64. The van der Waals surface area contributed by atoms with Crippen LogP contribution in [0.25, 0.3) is 0 Å². The molecule has 1 aromatic heterocycles. The molecule has 0 radical (unpaired) electrons. The minimum absolute atomic E-state index is 0.544. The average Bonchev–Trinajstić information content (AvgIpc) is 2.66. The Balaban J connectivity index is 2.33. The summed E-state index contributed by atoms with van der Waals surface area (Å²) < 4.78 is 11.2. The molecule has 0 atom stereocenters. The van der Waals surface area contributed by atoms with Gasteiger partial charge in [0.1, 0.15) is 18.1 Å². The number of ether oxygens (including phenoxy) is 1. The summed E-state index contributed by atoms with van der Waals surface area (Å²) in [5, 5.41) is 3.38. The molecule has 0 bridgehead atoms. The van der Waals surface area contributed by atoms with Crippen LogP contribution < -0.4 is 5.32 Å². The molecule has 0 amide bonds. The summed E-state index contributed by atoms with van der Waals surface area (Å²) in [6.07, 6.45) is 2.05. The summed E-state index contributed by atoms with van der Waals surface area (Å²) in [5.41, 5.74) is 2.37. The van der Waals surface area contributed by atoms with E-state index in [1.165, 1.54) is 5.56 Å². The third kappa shape index (κ3) is 5.52. The van der Waals surface area contributed by atoms with E-state index in [-0.39, 0.29) is 0 Å². The van der Waals surface area contributed by atoms with Gasteiger partial charge in [-0.3, -0.25) is 0 Å². The van der Waals surface area contributed by atoms with Crippen molar-refractivity contribution in [1.82, 2.24) is 5.32 Å². The van der Waals surface area contributed by atoms with Crippen molar-refractivity contribution >= 4 is 0 Å². The number of hydrogen-bond donors (Lipinski definition) is 1. The maximum Gasteiger partial charge on any atom is 0.130 e. The second-order valence-corrected chi connectivity index (χ2v) is 4.73. The Kier molecular flexibility index (Phi) is 6.76. The average molecular weight is 251 g/mol. The monoisotopic (exact) mass is 251 g/mol. The van der Waals surface area contributed by atoms with Gasteiger partial charge in [0.25, 0.3) is 0 Å². The van der Waals surface area contributed by atoms with Crippen molar-refractivity contribution in [2.75, 3.05) is 13.2 Å². The molecule has 1 aromatic rings. The molecule has 0 aliphatic rings. The van der Waals surface area contributed by atoms with Gasteiger partial charge in [0, 0.05) is 12.1 Å². The highest BCUT2D eigenvalue weighted by Crippen LogP contribution is 2.15. The fourth-order valence-corrected chi connectivity index (χ4v) is 1.65. The Bertz CT molecular complexity index is 369. The van der Waals surface area contributed by atoms with Crippen LogP contribution in [-0.2, 0) is 17.9 Å². The first kappa shape index (κ1) is 15.0. The van der Waals surface area contributed by atoms with Gasteiger partial charge in [-0.2, -0.15) is 0 Å². The number of rotatable bonds is 9. The minimum atomic E-state index is 0.544. The molecule has 0 aliphatic heterocycles. The van der Waals surface area contributed by atoms with Crippen molar-refractivity contribution in [3.8, 4) is 0 Å². The van der Waals surface area contributed by atoms with E-state index < -0.39 is 0 Å². The Morgan fingerprint density at radius 3 is 2.94 bits per heavy atom. The molecule has 0 saturated carbocycles. The van der Waals surface area contributed by atoms with E-state index in [2.05, 4.69) is 24.9 Å². The molecule has 0 fully saturated rings. The molecule has 3 nitrogen and oxygen atoms in total. The molecule has 0 unspecified atom stereocenters. The Morgan fingerprint density at radius 2 is 2.28 bits per heavy atom. The summed E-state index contributed by atoms with van der Waals surface area (Å²) in [4.78, 5) is 0. The van der Waals surface area contributed by atoms with Gasteiger partial charge in [-0.1, -0.05) is 12.5 Å². The van der Waals surface area contributed by atoms with Crippen molar-refractivity contribution in [1.29, 1.82) is 0 Å². The predicted molar refractivity (Wildman–Crippen MR) is 74.5 cm³/mol. The molecule has 102 valence electrons. The maximum absolute atomic E-state index is 5.66. The molecule has 0 spiro atoms. The Hall–Kier alpha value is -1.06. The van der Waals surface area contributed by atoms with Gasteiger partial charge in [-0.25, -0.2) is 0 Å². The fourth-order valence-electron chi connectivity index (χ4n) is 1.65. The van der Waals surface area contributed by atoms with Crippen molar-refractivity contribution in [3.05, 3.63) is 35.3 Å². The fraction of sp³-hybridized carbons (Fsp3) is 0.600. The van der Waals surface area contributed by atoms with E-state index in [4.69, 9.17) is 9.15 Å². The van der Waals surface area contributed by atoms with Crippen LogP contribution in [0.15, 0.2) is 22.6 Å². The van der Waals surface area contributed by atoms with Gasteiger partial charge in [-0.15, -0.1) is 6.58 Å². The highest BCUT2D eigenvalue weighted by atomic mass is 16.5. The smallest absolute Gasteiger partial charge is 0.130 e. The zero-order valence-electron chi connectivity index (χ0n) is 11.8. The number of nitrogens with one attached hydrogen (secondary N) is 1. The third-order valence-electron chi connectivity index (χ3n) is 2.73. The van der Waals surface area contributed by atoms with Crippen molar-refractivity contribution in [3.63, 3.8) is 0 Å². The molecule has 1 rings (SSSR count). The molecule has 0 aliphatic carbocycles. The molecule has 0 aromatic carbocycles. The normalized spacial score (nSPS) is 10.8. The van der Waals surface area contributed by atoms with E-state index >= 15 is 0 Å². The first-order chi connectivity index (χ1) is 8.63. The summed E-state index contributed by atoms with van der Waals surface area (Å²) in [7, 11) is 0. The molecule has 1 heterocycles. The lowest BCUT2D eigenvalue weighted by atomic mass is 10.2. The van der Waals surface area contributed by atoms with Crippen LogP contribution >= 0.6 is 0 Å². The SMILES string of the molecule is C=C(C)CCOCc1cc(CNCCC)c(C)o1. The molecular weight excluding hydrogens is 226 g/mol. The number of hydrogen-bond acceptors (Lipinski definition) is 3. The lowest BCUT2D eigenvalue weighted by molar-refractivity contribution is 0.108. The third-order valence-corrected chi connectivity index (χ3v) is 2.73. The van der Waals surface area contributed by atoms with Gasteiger partial charge >= 0.3 is 0 Å². The van der Waals surface area contributed by atoms with Crippen LogP contribution in [0, 0.1) is 6.92 Å². The van der Waals surface area contributed by atoms with Crippen LogP contribution in [0.4, 0.5) is 0 Å². The lowest BCUT2D eigenvalue weighted by Gasteiger charge is -2.01. The van der Waals surface area contributed by atoms with Crippen LogP contribution in [0.2, 0.25) is 0 Å². The van der Waals surface area contributed by atoms with Gasteiger partial charge < -0.3 is 14.5 Å². The van der Waals surface area contributed by atoms with Crippen molar-refractivity contribution in [2.45, 2.75) is 46.8 Å². The highest BCUT2D eigenvalue weighted by molar-refractivity contribution is 5.20. The van der Waals surface area contributed by atoms with E-state index in [0.717, 1.165) is 43.0 Å². The maximum atomic E-state index is 5.66. The number of aryl methyl sites for hydroxylation is 1. The predicted octanol–water partition coefficient (Wildman–Crippen LogP) is 3.57. The minimum Gasteiger partial charge on any atom is -0.464 e. The summed E-state index contributed by atoms with van der Waals surface area (Å²) >= 11 is 0. The molecule has 3 heteroatoms. The Labute approximate surface area is 110 Å². The summed E-state index contributed by atoms with van der Waals surface area (Å²) in [5.74, 6) is 1.89. The lowest BCUT2D eigenvalue weighted by Crippen LogP contribution is -2.13. The molecule has 0 saturated heterocycles. The largest absolute Gasteiger partial charge is 0.464 e. The number of furan rings is 1.